The average Bonchev–Trinajstić information content (AvgIpc) is 2.34. The largest absolute Gasteiger partial charge is 0.245 e. The maximum atomic E-state index is 3.44. The summed E-state index contributed by atoms with van der Waals surface area (Å²) >= 11 is 3.44. The van der Waals surface area contributed by atoms with Crippen molar-refractivity contribution in [2.45, 2.75) is 90.4 Å². The van der Waals surface area contributed by atoms with Gasteiger partial charge in [-0.2, -0.15) is 0 Å². The van der Waals surface area contributed by atoms with Gasteiger partial charge >= 0.3 is 0 Å². The van der Waals surface area contributed by atoms with Crippen LogP contribution in [0.4, 0.5) is 0 Å². The van der Waals surface area contributed by atoms with Crippen molar-refractivity contribution in [3.63, 3.8) is 0 Å². The van der Waals surface area contributed by atoms with Crippen LogP contribution in [0.3, 0.4) is 0 Å². The van der Waals surface area contributed by atoms with E-state index in [2.05, 4.69) is 34.0 Å². The van der Waals surface area contributed by atoms with Gasteiger partial charge in [0.25, 0.3) is 0 Å². The maximum absolute atomic E-state index is 3.44. The summed E-state index contributed by atoms with van der Waals surface area (Å²) in [5, 5.41) is 0. The summed E-state index contributed by atoms with van der Waals surface area (Å²) in [7, 11) is 2.08. The number of rotatable bonds is 14. The summed E-state index contributed by atoms with van der Waals surface area (Å²) in [6.45, 7) is 3.47. The van der Waals surface area contributed by atoms with Gasteiger partial charge < -0.3 is 0 Å². The van der Waals surface area contributed by atoms with Gasteiger partial charge in [0.1, 0.15) is 0 Å². The van der Waals surface area contributed by atoms with Crippen molar-refractivity contribution in [3.05, 3.63) is 0 Å². The molecule has 0 bridgehead atoms. The summed E-state index contributed by atoms with van der Waals surface area (Å²) in [6, 6.07) is 0. The summed E-state index contributed by atoms with van der Waals surface area (Å²) in [5.74, 6) is 0. The SMILES string of the molecule is CCCCCCCCCCCCCCCN(C)Br. The number of nitrogens with zero attached hydrogens (tertiary/aromatic N) is 1. The molecule has 1 nitrogen and oxygen atoms in total. The molecule has 110 valence electrons. The second kappa shape index (κ2) is 15.5. The maximum Gasteiger partial charge on any atom is 0.0117 e. The minimum atomic E-state index is 1.18. The second-order valence-corrected chi connectivity index (χ2v) is 6.78. The predicted molar refractivity (Wildman–Crippen MR) is 87.3 cm³/mol. The minimum absolute atomic E-state index is 1.18. The van der Waals surface area contributed by atoms with Crippen molar-refractivity contribution in [1.82, 2.24) is 3.93 Å². The molecule has 0 aromatic carbocycles. The van der Waals surface area contributed by atoms with Crippen LogP contribution >= 0.6 is 16.1 Å². The van der Waals surface area contributed by atoms with Crippen LogP contribution < -0.4 is 0 Å². The van der Waals surface area contributed by atoms with Gasteiger partial charge in [-0.1, -0.05) is 84.0 Å². The first-order chi connectivity index (χ1) is 8.77. The van der Waals surface area contributed by atoms with Crippen LogP contribution in [0, 0.1) is 0 Å². The Kier molecular flexibility index (Phi) is 15.9. The molecule has 0 fully saturated rings. The number of halogens is 1. The molecule has 0 rings (SSSR count). The fourth-order valence-electron chi connectivity index (χ4n) is 2.35. The average molecular weight is 320 g/mol. The lowest BCUT2D eigenvalue weighted by molar-refractivity contribution is 0.507. The second-order valence-electron chi connectivity index (χ2n) is 5.57. The van der Waals surface area contributed by atoms with Crippen molar-refractivity contribution in [2.75, 3.05) is 13.6 Å². The topological polar surface area (TPSA) is 3.24 Å². The number of hydrogen-bond acceptors (Lipinski definition) is 1. The van der Waals surface area contributed by atoms with Crippen LogP contribution in [0.25, 0.3) is 0 Å². The molecule has 2 heteroatoms. The summed E-state index contributed by atoms with van der Waals surface area (Å²) < 4.78 is 2.10. The Balaban J connectivity index is 2.90. The van der Waals surface area contributed by atoms with Gasteiger partial charge in [-0.05, 0) is 13.5 Å². The highest BCUT2D eigenvalue weighted by Crippen LogP contribution is 2.12. The van der Waals surface area contributed by atoms with Crippen LogP contribution in [-0.4, -0.2) is 17.5 Å². The van der Waals surface area contributed by atoms with Gasteiger partial charge in [-0.3, -0.25) is 0 Å². The van der Waals surface area contributed by atoms with Gasteiger partial charge in [0, 0.05) is 22.7 Å². The fourth-order valence-corrected chi connectivity index (χ4v) is 2.60. The summed E-state index contributed by atoms with van der Waals surface area (Å²) in [6.07, 6.45) is 18.7. The Morgan fingerprint density at radius 3 is 1.28 bits per heavy atom. The quantitative estimate of drug-likeness (QED) is 0.267. The molecular weight excluding hydrogens is 286 g/mol. The smallest absolute Gasteiger partial charge is 0.0117 e. The summed E-state index contributed by atoms with van der Waals surface area (Å²) in [5.41, 5.74) is 0. The van der Waals surface area contributed by atoms with E-state index in [0.29, 0.717) is 0 Å². The molecule has 0 amide bonds. The van der Waals surface area contributed by atoms with E-state index >= 15 is 0 Å². The molecule has 0 atom stereocenters. The van der Waals surface area contributed by atoms with Gasteiger partial charge in [0.2, 0.25) is 0 Å². The Hall–Kier alpha value is 0.440. The van der Waals surface area contributed by atoms with Crippen LogP contribution in [0.15, 0.2) is 0 Å². The molecule has 0 aromatic heterocycles. The lowest BCUT2D eigenvalue weighted by atomic mass is 10.0. The predicted octanol–water partition coefficient (Wildman–Crippen LogP) is 6.32. The highest BCUT2D eigenvalue weighted by molar-refractivity contribution is 9.07. The molecule has 0 aliphatic carbocycles. The highest BCUT2D eigenvalue weighted by atomic mass is 79.9. The Morgan fingerprint density at radius 1 is 0.611 bits per heavy atom. The standard InChI is InChI=1S/C16H34BrN/c1-3-4-5-6-7-8-9-10-11-12-13-14-15-16-18(2)17/h3-16H2,1-2H3. The van der Waals surface area contributed by atoms with Gasteiger partial charge in [0.15, 0.2) is 0 Å². The van der Waals surface area contributed by atoms with E-state index in [0.717, 1.165) is 0 Å². The zero-order valence-corrected chi connectivity index (χ0v) is 14.3. The molecule has 0 saturated heterocycles. The van der Waals surface area contributed by atoms with E-state index in [1.807, 2.05) is 0 Å². The molecule has 0 heterocycles. The first-order valence-corrected chi connectivity index (χ1v) is 8.85. The van der Waals surface area contributed by atoms with E-state index in [-0.39, 0.29) is 0 Å². The molecule has 0 unspecified atom stereocenters. The highest BCUT2D eigenvalue weighted by Gasteiger charge is 1.94. The van der Waals surface area contributed by atoms with E-state index in [1.165, 1.54) is 90.0 Å². The summed E-state index contributed by atoms with van der Waals surface area (Å²) in [4.78, 5) is 0. The van der Waals surface area contributed by atoms with Gasteiger partial charge in [-0.25, -0.2) is 3.93 Å². The normalized spacial score (nSPS) is 11.3. The van der Waals surface area contributed by atoms with Gasteiger partial charge in [-0.15, -0.1) is 0 Å². The molecule has 0 aliphatic heterocycles. The van der Waals surface area contributed by atoms with Crippen LogP contribution in [0.2, 0.25) is 0 Å². The molecular formula is C16H34BrN. The van der Waals surface area contributed by atoms with Crippen molar-refractivity contribution in [3.8, 4) is 0 Å². The number of hydrogen-bond donors (Lipinski definition) is 0. The molecule has 0 aromatic rings. The Morgan fingerprint density at radius 2 is 0.944 bits per heavy atom. The Labute approximate surface area is 124 Å². The third kappa shape index (κ3) is 16.4. The third-order valence-corrected chi connectivity index (χ3v) is 3.92. The Bertz CT molecular complexity index is 148. The first-order valence-electron chi connectivity index (χ1n) is 8.14. The van der Waals surface area contributed by atoms with Crippen molar-refractivity contribution < 1.29 is 0 Å². The lowest BCUT2D eigenvalue weighted by Crippen LogP contribution is -2.04. The van der Waals surface area contributed by atoms with Crippen LogP contribution in [0.5, 0.6) is 0 Å². The van der Waals surface area contributed by atoms with Crippen molar-refractivity contribution in [2.24, 2.45) is 0 Å². The van der Waals surface area contributed by atoms with Gasteiger partial charge in [0.05, 0.1) is 0 Å². The van der Waals surface area contributed by atoms with Crippen molar-refractivity contribution >= 4 is 16.1 Å². The molecule has 18 heavy (non-hydrogen) atoms. The molecule has 0 saturated carbocycles. The number of unbranched alkanes of at least 4 members (excludes halogenated alkanes) is 12. The zero-order valence-electron chi connectivity index (χ0n) is 12.7. The van der Waals surface area contributed by atoms with Crippen LogP contribution in [0.1, 0.15) is 90.4 Å². The van der Waals surface area contributed by atoms with Crippen molar-refractivity contribution in [1.29, 1.82) is 0 Å². The zero-order chi connectivity index (χ0) is 13.5. The first kappa shape index (κ1) is 18.4. The van der Waals surface area contributed by atoms with E-state index in [1.54, 1.807) is 0 Å². The third-order valence-electron chi connectivity index (χ3n) is 3.57. The lowest BCUT2D eigenvalue weighted by Gasteiger charge is -2.06. The van der Waals surface area contributed by atoms with E-state index in [9.17, 15) is 0 Å². The monoisotopic (exact) mass is 319 g/mol. The molecule has 0 aliphatic rings. The molecule has 0 N–H and O–H groups in total. The van der Waals surface area contributed by atoms with E-state index in [4.69, 9.17) is 0 Å². The molecule has 0 spiro atoms. The van der Waals surface area contributed by atoms with Crippen LogP contribution in [-0.2, 0) is 0 Å². The fraction of sp³-hybridized carbons (Fsp3) is 1.00. The molecule has 0 radical (unpaired) electrons. The minimum Gasteiger partial charge on any atom is -0.245 e. The van der Waals surface area contributed by atoms with E-state index < -0.39 is 0 Å².